The van der Waals surface area contributed by atoms with Crippen molar-refractivity contribution in [3.63, 3.8) is 0 Å². The second-order valence-electron chi connectivity index (χ2n) is 10.1. The van der Waals surface area contributed by atoms with Gasteiger partial charge < -0.3 is 15.5 Å². The van der Waals surface area contributed by atoms with Crippen LogP contribution in [0.25, 0.3) is 10.4 Å². The lowest BCUT2D eigenvalue weighted by Gasteiger charge is -2.40. The van der Waals surface area contributed by atoms with Crippen molar-refractivity contribution in [2.75, 3.05) is 20.2 Å². The number of carbonyl (C=O) groups excluding carboxylic acids is 2. The van der Waals surface area contributed by atoms with E-state index in [1.807, 2.05) is 24.1 Å². The summed E-state index contributed by atoms with van der Waals surface area (Å²) in [5, 5.41) is 6.22. The number of carbonyl (C=O) groups is 2. The normalized spacial score (nSPS) is 15.4. The fourth-order valence-corrected chi connectivity index (χ4v) is 7.07. The molecule has 0 saturated carbocycles. The topological polar surface area (TPSA) is 87.9 Å². The number of piperidine rings is 1. The summed E-state index contributed by atoms with van der Waals surface area (Å²) < 4.78 is 0. The van der Waals surface area contributed by atoms with Gasteiger partial charge in [0.05, 0.1) is 7.11 Å². The van der Waals surface area contributed by atoms with E-state index in [0.29, 0.717) is 18.2 Å². The van der Waals surface area contributed by atoms with Crippen LogP contribution >= 0.6 is 22.7 Å². The Labute approximate surface area is 233 Å². The Morgan fingerprint density at radius 1 is 1.24 bits per heavy atom. The van der Waals surface area contributed by atoms with Crippen LogP contribution in [0, 0.1) is 13.8 Å². The monoisotopic (exact) mass is 554 g/mol. The van der Waals surface area contributed by atoms with Gasteiger partial charge in [-0.3, -0.25) is 9.63 Å². The highest BCUT2D eigenvalue weighted by Gasteiger charge is 2.30. The smallest absolute Gasteiger partial charge is 0.341 e. The van der Waals surface area contributed by atoms with E-state index in [2.05, 4.69) is 52.3 Å². The van der Waals surface area contributed by atoms with Crippen molar-refractivity contribution in [3.05, 3.63) is 68.2 Å². The number of aryl methyl sites for hydroxylation is 1. The third kappa shape index (κ3) is 6.46. The average Bonchev–Trinajstić information content (AvgIpc) is 3.61. The first-order valence-electron chi connectivity index (χ1n) is 13.1. The van der Waals surface area contributed by atoms with Crippen molar-refractivity contribution in [1.29, 1.82) is 0 Å². The molecule has 0 radical (unpaired) electrons. The SMILES string of the molecule is CONC(=O)N(Cc1ccsc1)C1CCN([C@H](C)CCc2c(-c3cccs3)cc(C)c(C(N)=O)c2C)CC1. The van der Waals surface area contributed by atoms with Gasteiger partial charge in [0.15, 0.2) is 0 Å². The molecule has 3 amide bonds. The van der Waals surface area contributed by atoms with Gasteiger partial charge >= 0.3 is 6.03 Å². The number of likely N-dealkylation sites (tertiary alicyclic amines) is 1. The molecule has 1 atom stereocenters. The number of nitrogens with one attached hydrogen (secondary N) is 1. The zero-order valence-electron chi connectivity index (χ0n) is 22.7. The Hall–Kier alpha value is -2.72. The van der Waals surface area contributed by atoms with Crippen LogP contribution in [0.2, 0.25) is 0 Å². The van der Waals surface area contributed by atoms with Crippen molar-refractivity contribution in [2.45, 2.75) is 65.1 Å². The van der Waals surface area contributed by atoms with E-state index in [-0.39, 0.29) is 18.0 Å². The number of primary amides is 1. The van der Waals surface area contributed by atoms with Crippen molar-refractivity contribution in [3.8, 4) is 10.4 Å². The van der Waals surface area contributed by atoms with Gasteiger partial charge in [-0.1, -0.05) is 6.07 Å². The molecule has 9 heteroatoms. The number of nitrogens with zero attached hydrogens (tertiary/aromatic N) is 2. The molecule has 1 aliphatic heterocycles. The molecule has 0 bridgehead atoms. The number of rotatable bonds is 10. The summed E-state index contributed by atoms with van der Waals surface area (Å²) in [5.41, 5.74) is 14.4. The molecule has 1 aromatic carbocycles. The third-order valence-corrected chi connectivity index (χ3v) is 9.33. The standard InChI is InChI=1S/C29H38N4O3S2/c1-19-16-25(26-6-5-14-38-26)24(21(3)27(19)28(30)34)8-7-20(2)32-12-9-23(10-13-32)33(29(35)31-36-4)17-22-11-15-37-18-22/h5-6,11,14-16,18,20,23H,7-10,12-13,17H2,1-4H3,(H2,30,34)(H,31,35)/t20-/m1/s1. The second kappa shape index (κ2) is 12.9. The van der Waals surface area contributed by atoms with Gasteiger partial charge in [0.25, 0.3) is 0 Å². The predicted octanol–water partition coefficient (Wildman–Crippen LogP) is 5.75. The Kier molecular flexibility index (Phi) is 9.59. The fourth-order valence-electron chi connectivity index (χ4n) is 5.64. The van der Waals surface area contributed by atoms with Gasteiger partial charge in [0.2, 0.25) is 5.91 Å². The maximum atomic E-state index is 12.8. The van der Waals surface area contributed by atoms with Crippen LogP contribution in [-0.2, 0) is 17.8 Å². The van der Waals surface area contributed by atoms with E-state index in [0.717, 1.165) is 55.5 Å². The van der Waals surface area contributed by atoms with Gasteiger partial charge in [-0.05, 0) is 109 Å². The maximum Gasteiger partial charge on any atom is 0.341 e. The molecule has 0 unspecified atom stereocenters. The lowest BCUT2D eigenvalue weighted by Crippen LogP contribution is -2.51. The van der Waals surface area contributed by atoms with Crippen LogP contribution < -0.4 is 11.2 Å². The first kappa shape index (κ1) is 28.3. The van der Waals surface area contributed by atoms with Crippen molar-refractivity contribution in [2.24, 2.45) is 5.73 Å². The molecule has 3 heterocycles. The lowest BCUT2D eigenvalue weighted by molar-refractivity contribution is 0.0566. The number of thiophene rings is 2. The zero-order chi connectivity index (χ0) is 27.2. The van der Waals surface area contributed by atoms with E-state index in [9.17, 15) is 9.59 Å². The van der Waals surface area contributed by atoms with Gasteiger partial charge in [-0.25, -0.2) is 10.3 Å². The molecular formula is C29H38N4O3S2. The highest BCUT2D eigenvalue weighted by molar-refractivity contribution is 7.13. The molecular weight excluding hydrogens is 516 g/mol. The molecule has 2 aromatic heterocycles. The van der Waals surface area contributed by atoms with Crippen molar-refractivity contribution in [1.82, 2.24) is 15.3 Å². The fraction of sp³-hybridized carbons (Fsp3) is 0.448. The van der Waals surface area contributed by atoms with Crippen LogP contribution in [0.3, 0.4) is 0 Å². The summed E-state index contributed by atoms with van der Waals surface area (Å²) in [6.07, 6.45) is 3.69. The minimum absolute atomic E-state index is 0.163. The summed E-state index contributed by atoms with van der Waals surface area (Å²) in [6, 6.07) is 8.75. The van der Waals surface area contributed by atoms with Crippen molar-refractivity contribution < 1.29 is 14.4 Å². The average molecular weight is 555 g/mol. The molecule has 38 heavy (non-hydrogen) atoms. The molecule has 1 fully saturated rings. The van der Waals surface area contributed by atoms with Crippen LogP contribution in [0.15, 0.2) is 40.4 Å². The van der Waals surface area contributed by atoms with Gasteiger partial charge in [-0.2, -0.15) is 11.3 Å². The lowest BCUT2D eigenvalue weighted by atomic mass is 9.88. The number of amides is 3. The molecule has 204 valence electrons. The van der Waals surface area contributed by atoms with Gasteiger partial charge in [0.1, 0.15) is 0 Å². The van der Waals surface area contributed by atoms with Crippen molar-refractivity contribution >= 4 is 34.6 Å². The van der Waals surface area contributed by atoms with E-state index in [1.54, 1.807) is 22.7 Å². The Bertz CT molecular complexity index is 1220. The second-order valence-corrected chi connectivity index (χ2v) is 11.8. The maximum absolute atomic E-state index is 12.8. The quantitative estimate of drug-likeness (QED) is 0.312. The van der Waals surface area contributed by atoms with E-state index in [4.69, 9.17) is 10.6 Å². The van der Waals surface area contributed by atoms with Crippen LogP contribution in [0.1, 0.15) is 58.8 Å². The molecule has 3 aromatic rings. The number of benzene rings is 1. The minimum Gasteiger partial charge on any atom is -0.366 e. The zero-order valence-corrected chi connectivity index (χ0v) is 24.3. The van der Waals surface area contributed by atoms with Gasteiger partial charge in [0, 0.05) is 42.2 Å². The summed E-state index contributed by atoms with van der Waals surface area (Å²) in [5.74, 6) is -0.362. The van der Waals surface area contributed by atoms with E-state index < -0.39 is 0 Å². The van der Waals surface area contributed by atoms with Crippen LogP contribution in [-0.4, -0.2) is 54.0 Å². The molecule has 7 nitrogen and oxygen atoms in total. The minimum atomic E-state index is -0.362. The van der Waals surface area contributed by atoms with Crippen LogP contribution in [0.5, 0.6) is 0 Å². The summed E-state index contributed by atoms with van der Waals surface area (Å²) >= 11 is 3.36. The Morgan fingerprint density at radius 3 is 2.61 bits per heavy atom. The van der Waals surface area contributed by atoms with E-state index >= 15 is 0 Å². The largest absolute Gasteiger partial charge is 0.366 e. The number of hydrogen-bond donors (Lipinski definition) is 2. The Morgan fingerprint density at radius 2 is 2.00 bits per heavy atom. The summed E-state index contributed by atoms with van der Waals surface area (Å²) in [4.78, 5) is 35.6. The number of hydrogen-bond acceptors (Lipinski definition) is 6. The molecule has 3 N–H and O–H groups in total. The molecule has 1 saturated heterocycles. The highest BCUT2D eigenvalue weighted by Crippen LogP contribution is 2.35. The number of nitrogens with two attached hydrogens (primary N) is 1. The Balaban J connectivity index is 1.43. The predicted molar refractivity (Wildman–Crippen MR) is 156 cm³/mol. The highest BCUT2D eigenvalue weighted by atomic mass is 32.1. The summed E-state index contributed by atoms with van der Waals surface area (Å²) in [6.45, 7) is 8.73. The summed E-state index contributed by atoms with van der Waals surface area (Å²) in [7, 11) is 1.47. The molecule has 0 spiro atoms. The first-order valence-corrected chi connectivity index (χ1v) is 14.9. The van der Waals surface area contributed by atoms with Gasteiger partial charge in [-0.15, -0.1) is 11.3 Å². The molecule has 0 aliphatic carbocycles. The molecule has 1 aliphatic rings. The number of hydroxylamine groups is 1. The van der Waals surface area contributed by atoms with E-state index in [1.165, 1.54) is 23.1 Å². The molecule has 4 rings (SSSR count). The third-order valence-electron chi connectivity index (χ3n) is 7.70. The number of urea groups is 1. The van der Waals surface area contributed by atoms with Crippen LogP contribution in [0.4, 0.5) is 4.79 Å². The first-order chi connectivity index (χ1) is 18.3.